The van der Waals surface area contributed by atoms with Crippen molar-refractivity contribution in [2.45, 2.75) is 26.2 Å². The van der Waals surface area contributed by atoms with Gasteiger partial charge in [0.1, 0.15) is 11.5 Å². The number of aliphatic imine (C=N–C) groups is 1. The fourth-order valence-electron chi connectivity index (χ4n) is 3.05. The van der Waals surface area contributed by atoms with Crippen LogP contribution >= 0.6 is 11.9 Å². The highest BCUT2D eigenvalue weighted by molar-refractivity contribution is 7.99. The van der Waals surface area contributed by atoms with Crippen LogP contribution in [0.1, 0.15) is 24.5 Å². The molecule has 7 nitrogen and oxygen atoms in total. The Balaban J connectivity index is 0.000000206. The van der Waals surface area contributed by atoms with E-state index in [1.54, 1.807) is 30.3 Å². The fourth-order valence-corrected chi connectivity index (χ4v) is 3.40. The van der Waals surface area contributed by atoms with Gasteiger partial charge >= 0.3 is 0 Å². The van der Waals surface area contributed by atoms with Gasteiger partial charge in [-0.1, -0.05) is 36.2 Å². The smallest absolute Gasteiger partial charge is 0.255 e. The molecule has 4 rings (SSSR count). The lowest BCUT2D eigenvalue weighted by Gasteiger charge is -2.04. The van der Waals surface area contributed by atoms with Crippen molar-refractivity contribution in [2.24, 2.45) is 16.5 Å². The van der Waals surface area contributed by atoms with Gasteiger partial charge in [0.2, 0.25) is 0 Å². The summed E-state index contributed by atoms with van der Waals surface area (Å²) >= 11 is 1.45. The number of hydrogen-bond acceptors (Lipinski definition) is 6. The molecule has 1 aliphatic carbocycles. The highest BCUT2D eigenvalue weighted by atomic mass is 32.2. The number of amidine groups is 1. The number of aromatic nitrogens is 3. The van der Waals surface area contributed by atoms with E-state index in [1.807, 2.05) is 12.3 Å². The molecule has 0 unspecified atom stereocenters. The maximum absolute atomic E-state index is 5.73. The molecule has 28 heavy (non-hydrogen) atoms. The first-order valence-corrected chi connectivity index (χ1v) is 10.3. The zero-order valence-electron chi connectivity index (χ0n) is 16.1. The van der Waals surface area contributed by atoms with Gasteiger partial charge in [-0.15, -0.1) is 0 Å². The van der Waals surface area contributed by atoms with Crippen LogP contribution in [0.2, 0.25) is 0 Å². The number of nitrogens with zero attached hydrogens (tertiary/aromatic N) is 3. The molecule has 2 heterocycles. The molecule has 6 N–H and O–H groups in total. The van der Waals surface area contributed by atoms with Crippen LogP contribution in [0.25, 0.3) is 11.0 Å². The first-order chi connectivity index (χ1) is 13.6. The molecular formula is C20H25N7S. The van der Waals surface area contributed by atoms with Crippen LogP contribution in [0.5, 0.6) is 0 Å². The summed E-state index contributed by atoms with van der Waals surface area (Å²) in [5, 5.41) is 0.900. The van der Waals surface area contributed by atoms with Crippen LogP contribution < -0.4 is 16.2 Å². The summed E-state index contributed by atoms with van der Waals surface area (Å²) in [4.78, 5) is 15.7. The van der Waals surface area contributed by atoms with Crippen molar-refractivity contribution in [3.8, 4) is 0 Å². The second kappa shape index (κ2) is 9.27. The quantitative estimate of drug-likeness (QED) is 0.304. The Morgan fingerprint density at radius 2 is 1.89 bits per heavy atom. The standard InChI is InChI=1S/C11H15N7S.C9H10/c1-6(12)5-8(13)15-11-16-9-7(3-4-14-9)10(17-11)18-19-2;1-2-5-9-7-3-6-8(9)4-1/h3-5H,12H2,1-2H3,(H4,13,14,15,16,17,18);1-2,4-5H,3,6-7H2/b6-5-;. The number of fused-ring (bicyclic) bond motifs is 2. The van der Waals surface area contributed by atoms with E-state index >= 15 is 0 Å². The molecule has 0 saturated carbocycles. The number of benzene rings is 1. The number of nitrogens with two attached hydrogens (primary N) is 2. The minimum absolute atomic E-state index is 0.265. The number of nitrogens with one attached hydrogen (secondary N) is 2. The monoisotopic (exact) mass is 395 g/mol. The molecule has 8 heteroatoms. The van der Waals surface area contributed by atoms with E-state index in [4.69, 9.17) is 11.5 Å². The SMILES string of the molecule is CSNc1nc(/N=C(N)\C=C(\C)N)nc2[nH]ccc12.c1ccc2c(c1)CCC2. The van der Waals surface area contributed by atoms with Gasteiger partial charge in [0.25, 0.3) is 5.95 Å². The second-order valence-corrected chi connectivity index (χ2v) is 7.08. The van der Waals surface area contributed by atoms with E-state index in [0.717, 1.165) is 5.39 Å². The normalized spacial score (nSPS) is 13.8. The van der Waals surface area contributed by atoms with E-state index < -0.39 is 0 Å². The number of rotatable bonds is 4. The summed E-state index contributed by atoms with van der Waals surface area (Å²) in [5.74, 6) is 1.24. The van der Waals surface area contributed by atoms with E-state index in [2.05, 4.69) is 48.9 Å². The molecular weight excluding hydrogens is 370 g/mol. The van der Waals surface area contributed by atoms with Gasteiger partial charge < -0.3 is 21.2 Å². The molecule has 0 spiro atoms. The average Bonchev–Trinajstić information content (AvgIpc) is 3.30. The van der Waals surface area contributed by atoms with Gasteiger partial charge in [-0.05, 0) is 49.5 Å². The second-order valence-electron chi connectivity index (χ2n) is 6.47. The first-order valence-electron chi connectivity index (χ1n) is 9.05. The molecule has 1 aliphatic rings. The van der Waals surface area contributed by atoms with Crippen molar-refractivity contribution in [1.82, 2.24) is 15.0 Å². The van der Waals surface area contributed by atoms with Crippen molar-refractivity contribution >= 4 is 40.6 Å². The van der Waals surface area contributed by atoms with Crippen molar-refractivity contribution in [2.75, 3.05) is 11.0 Å². The van der Waals surface area contributed by atoms with Crippen molar-refractivity contribution in [1.29, 1.82) is 0 Å². The summed E-state index contributed by atoms with van der Waals surface area (Å²) < 4.78 is 3.09. The molecule has 0 bridgehead atoms. The Bertz CT molecular complexity index is 980. The van der Waals surface area contributed by atoms with Crippen LogP contribution in [0, 0.1) is 0 Å². The van der Waals surface area contributed by atoms with Gasteiger partial charge in [-0.2, -0.15) is 15.0 Å². The number of anilines is 1. The topological polar surface area (TPSA) is 118 Å². The number of aryl methyl sites for hydroxylation is 2. The average molecular weight is 396 g/mol. The van der Waals surface area contributed by atoms with Gasteiger partial charge in [0.05, 0.1) is 5.39 Å². The predicted octanol–water partition coefficient (Wildman–Crippen LogP) is 3.67. The first kappa shape index (κ1) is 19.8. The molecule has 1 aromatic carbocycles. The van der Waals surface area contributed by atoms with Crippen LogP contribution in [-0.2, 0) is 12.8 Å². The molecule has 0 radical (unpaired) electrons. The van der Waals surface area contributed by atoms with Gasteiger partial charge in [-0.3, -0.25) is 0 Å². The Morgan fingerprint density at radius 1 is 1.18 bits per heavy atom. The van der Waals surface area contributed by atoms with E-state index in [-0.39, 0.29) is 11.8 Å². The van der Waals surface area contributed by atoms with Crippen LogP contribution in [0.4, 0.5) is 11.8 Å². The lowest BCUT2D eigenvalue weighted by atomic mass is 10.1. The number of H-pyrrole nitrogens is 1. The van der Waals surface area contributed by atoms with E-state index in [9.17, 15) is 0 Å². The minimum Gasteiger partial charge on any atom is -0.402 e. The number of hydrogen-bond donors (Lipinski definition) is 4. The molecule has 0 amide bonds. The Morgan fingerprint density at radius 3 is 2.54 bits per heavy atom. The Kier molecular flexibility index (Phi) is 6.54. The van der Waals surface area contributed by atoms with E-state index in [1.165, 1.54) is 31.2 Å². The van der Waals surface area contributed by atoms with E-state index in [0.29, 0.717) is 17.2 Å². The zero-order chi connectivity index (χ0) is 19.9. The maximum Gasteiger partial charge on any atom is 0.255 e. The Labute approximate surface area is 168 Å². The van der Waals surface area contributed by atoms with Gasteiger partial charge in [-0.25, -0.2) is 0 Å². The molecule has 0 fully saturated rings. The third-order valence-electron chi connectivity index (χ3n) is 4.22. The van der Waals surface area contributed by atoms with Gasteiger partial charge in [0.15, 0.2) is 5.82 Å². The van der Waals surface area contributed by atoms with Crippen LogP contribution in [0.3, 0.4) is 0 Å². The number of allylic oxidation sites excluding steroid dienone is 1. The van der Waals surface area contributed by atoms with Crippen LogP contribution in [-0.4, -0.2) is 27.0 Å². The highest BCUT2D eigenvalue weighted by Crippen LogP contribution is 2.23. The summed E-state index contributed by atoms with van der Waals surface area (Å²) in [6.07, 6.45) is 9.24. The van der Waals surface area contributed by atoms with Crippen molar-refractivity contribution in [3.63, 3.8) is 0 Å². The highest BCUT2D eigenvalue weighted by Gasteiger charge is 2.08. The van der Waals surface area contributed by atoms with Crippen molar-refractivity contribution < 1.29 is 0 Å². The zero-order valence-corrected chi connectivity index (χ0v) is 16.9. The Hall–Kier alpha value is -3.00. The minimum atomic E-state index is 0.265. The summed E-state index contributed by atoms with van der Waals surface area (Å²) in [5.41, 5.74) is 15.7. The summed E-state index contributed by atoms with van der Waals surface area (Å²) in [7, 11) is 0. The third-order valence-corrected chi connectivity index (χ3v) is 4.62. The van der Waals surface area contributed by atoms with Crippen molar-refractivity contribution in [3.05, 3.63) is 59.4 Å². The molecule has 0 saturated heterocycles. The maximum atomic E-state index is 5.73. The van der Waals surface area contributed by atoms with Gasteiger partial charge in [0, 0.05) is 18.1 Å². The molecule has 146 valence electrons. The number of aromatic amines is 1. The predicted molar refractivity (Wildman–Crippen MR) is 119 cm³/mol. The summed E-state index contributed by atoms with van der Waals surface area (Å²) in [6, 6.07) is 10.6. The lowest BCUT2D eigenvalue weighted by Crippen LogP contribution is -2.10. The molecule has 2 aromatic heterocycles. The fraction of sp³-hybridized carbons (Fsp3) is 0.250. The molecule has 0 aliphatic heterocycles. The van der Waals surface area contributed by atoms with Crippen LogP contribution in [0.15, 0.2) is 53.3 Å². The molecule has 3 aromatic rings. The molecule has 0 atom stereocenters. The third kappa shape index (κ3) is 5.04. The lowest BCUT2D eigenvalue weighted by molar-refractivity contribution is 0.912. The largest absolute Gasteiger partial charge is 0.402 e. The summed E-state index contributed by atoms with van der Waals surface area (Å²) in [6.45, 7) is 1.73.